The van der Waals surface area contributed by atoms with Crippen LogP contribution < -0.4 is 11.1 Å². The van der Waals surface area contributed by atoms with E-state index < -0.39 is 12.6 Å². The number of aryl methyl sites for hydroxylation is 1. The van der Waals surface area contributed by atoms with Gasteiger partial charge in [-0.25, -0.2) is 0 Å². The van der Waals surface area contributed by atoms with Crippen molar-refractivity contribution in [2.45, 2.75) is 58.7 Å². The van der Waals surface area contributed by atoms with Crippen LogP contribution in [0.2, 0.25) is 0 Å². The lowest BCUT2D eigenvalue weighted by Crippen LogP contribution is -2.20. The minimum Gasteiger partial charge on any atom is -0.398 e. The normalized spacial score (nSPS) is 17.9. The van der Waals surface area contributed by atoms with E-state index >= 15 is 0 Å². The number of aliphatic imine (C=N–C) groups is 1. The maximum atomic E-state index is 12.9. The van der Waals surface area contributed by atoms with Crippen LogP contribution in [0, 0.1) is 12.8 Å². The van der Waals surface area contributed by atoms with Crippen molar-refractivity contribution in [3.05, 3.63) is 64.3 Å². The van der Waals surface area contributed by atoms with Crippen molar-refractivity contribution in [2.75, 3.05) is 12.3 Å². The summed E-state index contributed by atoms with van der Waals surface area (Å²) >= 11 is 0. The van der Waals surface area contributed by atoms with Gasteiger partial charge in [0.15, 0.2) is 0 Å². The standard InChI is InChI=1S/C26H30F3N5O2/c1-15(5-8-32-17(3)35)25(36)24-21(22(30)6-9-33-24)14-31-12-18-10-16(2)23(34-13-18)20-11-19(20)4-7-26(27,28)29/h5-6,9-10,13-14,19-20H,4,7-8,11-12H2,1-3H3,(H2,30,33)(H,32,35)/b15-5+,31-14?. The summed E-state index contributed by atoms with van der Waals surface area (Å²) in [5.74, 6) is -0.407. The van der Waals surface area contributed by atoms with Gasteiger partial charge in [0.05, 0.1) is 6.54 Å². The number of nitrogen functional groups attached to an aromatic ring is 1. The molecule has 2 heterocycles. The third kappa shape index (κ3) is 7.47. The van der Waals surface area contributed by atoms with E-state index in [1.807, 2.05) is 13.0 Å². The first-order valence-corrected chi connectivity index (χ1v) is 11.7. The van der Waals surface area contributed by atoms with Crippen LogP contribution in [0.25, 0.3) is 0 Å². The van der Waals surface area contributed by atoms with Crippen molar-refractivity contribution in [3.63, 3.8) is 0 Å². The number of Topliss-reactive ketones (excluding diaryl/α,β-unsaturated/α-hetero) is 1. The van der Waals surface area contributed by atoms with E-state index in [1.54, 1.807) is 25.3 Å². The number of rotatable bonds is 10. The lowest BCUT2D eigenvalue weighted by atomic mass is 10.0. The number of nitrogens with two attached hydrogens (primary N) is 1. The number of halogens is 3. The number of carbonyl (C=O) groups is 2. The van der Waals surface area contributed by atoms with Crippen molar-refractivity contribution in [1.29, 1.82) is 0 Å². The summed E-state index contributed by atoms with van der Waals surface area (Å²) in [6.07, 6.45) is 2.24. The predicted octanol–water partition coefficient (Wildman–Crippen LogP) is 4.70. The van der Waals surface area contributed by atoms with Gasteiger partial charge < -0.3 is 11.1 Å². The van der Waals surface area contributed by atoms with Gasteiger partial charge in [0, 0.05) is 61.4 Å². The van der Waals surface area contributed by atoms with Crippen molar-refractivity contribution in [3.8, 4) is 0 Å². The average molecular weight is 502 g/mol. The molecule has 36 heavy (non-hydrogen) atoms. The highest BCUT2D eigenvalue weighted by atomic mass is 19.4. The molecule has 2 atom stereocenters. The number of hydrogen-bond acceptors (Lipinski definition) is 6. The smallest absolute Gasteiger partial charge is 0.389 e. The van der Waals surface area contributed by atoms with E-state index in [4.69, 9.17) is 5.73 Å². The number of nitrogens with zero attached hydrogens (tertiary/aromatic N) is 3. The Kier molecular flexibility index (Phi) is 8.60. The Balaban J connectivity index is 1.66. The van der Waals surface area contributed by atoms with E-state index in [2.05, 4.69) is 20.3 Å². The Bertz CT molecular complexity index is 1190. The first-order chi connectivity index (χ1) is 17.0. The van der Waals surface area contributed by atoms with Gasteiger partial charge in [-0.05, 0) is 55.4 Å². The Morgan fingerprint density at radius 3 is 2.69 bits per heavy atom. The van der Waals surface area contributed by atoms with Gasteiger partial charge >= 0.3 is 6.18 Å². The molecule has 0 spiro atoms. The molecule has 2 aromatic rings. The summed E-state index contributed by atoms with van der Waals surface area (Å²) in [6, 6.07) is 3.52. The van der Waals surface area contributed by atoms with Crippen LogP contribution in [0.5, 0.6) is 0 Å². The van der Waals surface area contributed by atoms with Crippen LogP contribution in [-0.2, 0) is 11.3 Å². The lowest BCUT2D eigenvalue weighted by Gasteiger charge is -2.09. The Hall–Kier alpha value is -3.56. The molecule has 0 bridgehead atoms. The lowest BCUT2D eigenvalue weighted by molar-refractivity contribution is -0.136. The van der Waals surface area contributed by atoms with Crippen molar-refractivity contribution in [1.82, 2.24) is 15.3 Å². The topological polar surface area (TPSA) is 110 Å². The number of hydrogen-bond donors (Lipinski definition) is 2. The fourth-order valence-corrected chi connectivity index (χ4v) is 4.04. The summed E-state index contributed by atoms with van der Waals surface area (Å²) in [4.78, 5) is 37.0. The van der Waals surface area contributed by atoms with E-state index in [1.165, 1.54) is 19.3 Å². The number of carbonyl (C=O) groups excluding carboxylic acids is 2. The largest absolute Gasteiger partial charge is 0.398 e. The van der Waals surface area contributed by atoms with E-state index in [9.17, 15) is 22.8 Å². The number of alkyl halides is 3. The number of ketones is 1. The second-order valence-corrected chi connectivity index (χ2v) is 9.09. The average Bonchev–Trinajstić information content (AvgIpc) is 3.57. The second-order valence-electron chi connectivity index (χ2n) is 9.09. The quantitative estimate of drug-likeness (QED) is 0.279. The highest BCUT2D eigenvalue weighted by molar-refractivity contribution is 6.12. The predicted molar refractivity (Wildman–Crippen MR) is 132 cm³/mol. The first-order valence-electron chi connectivity index (χ1n) is 11.7. The molecule has 3 rings (SSSR count). The summed E-state index contributed by atoms with van der Waals surface area (Å²) in [7, 11) is 0. The monoisotopic (exact) mass is 501 g/mol. The molecule has 0 aliphatic heterocycles. The summed E-state index contributed by atoms with van der Waals surface area (Å²) < 4.78 is 37.4. The zero-order valence-electron chi connectivity index (χ0n) is 20.5. The third-order valence-corrected chi connectivity index (χ3v) is 6.10. The molecule has 0 saturated heterocycles. The van der Waals surface area contributed by atoms with Crippen molar-refractivity contribution in [2.24, 2.45) is 10.9 Å². The Morgan fingerprint density at radius 2 is 2.03 bits per heavy atom. The van der Waals surface area contributed by atoms with Crippen LogP contribution in [0.4, 0.5) is 18.9 Å². The van der Waals surface area contributed by atoms with Gasteiger partial charge in [0.2, 0.25) is 11.7 Å². The maximum absolute atomic E-state index is 12.9. The molecule has 7 nitrogen and oxygen atoms in total. The highest BCUT2D eigenvalue weighted by Gasteiger charge is 2.42. The molecule has 3 N–H and O–H groups in total. The van der Waals surface area contributed by atoms with Crippen LogP contribution >= 0.6 is 0 Å². The third-order valence-electron chi connectivity index (χ3n) is 6.10. The van der Waals surface area contributed by atoms with E-state index in [-0.39, 0.29) is 48.7 Å². The van der Waals surface area contributed by atoms with Crippen LogP contribution in [0.3, 0.4) is 0 Å². The molecule has 0 radical (unpaired) electrons. The van der Waals surface area contributed by atoms with Crippen LogP contribution in [0.15, 0.2) is 41.2 Å². The van der Waals surface area contributed by atoms with Gasteiger partial charge in [-0.3, -0.25) is 24.5 Å². The van der Waals surface area contributed by atoms with Crippen LogP contribution in [-0.4, -0.2) is 40.6 Å². The Labute approximate surface area is 208 Å². The Morgan fingerprint density at radius 1 is 1.28 bits per heavy atom. The molecule has 0 aromatic carbocycles. The highest BCUT2D eigenvalue weighted by Crippen LogP contribution is 2.51. The van der Waals surface area contributed by atoms with Gasteiger partial charge in [-0.1, -0.05) is 12.1 Å². The molecule has 1 saturated carbocycles. The molecular weight excluding hydrogens is 471 g/mol. The number of nitrogens with one attached hydrogen (secondary N) is 1. The van der Waals surface area contributed by atoms with Crippen molar-refractivity contribution >= 4 is 23.6 Å². The zero-order valence-corrected chi connectivity index (χ0v) is 20.5. The van der Waals surface area contributed by atoms with Crippen molar-refractivity contribution < 1.29 is 22.8 Å². The molecule has 2 unspecified atom stereocenters. The molecule has 1 aliphatic rings. The van der Waals surface area contributed by atoms with Gasteiger partial charge in [-0.2, -0.15) is 13.2 Å². The minimum atomic E-state index is -4.12. The molecule has 1 aliphatic carbocycles. The molecule has 2 aromatic heterocycles. The molecular formula is C26H30F3N5O2. The first kappa shape index (κ1) is 27.0. The SMILES string of the molecule is CC(=O)NC/C=C(\C)C(=O)c1nccc(N)c1C=NCc1cnc(C2CC2CCC(F)(F)F)c(C)c1. The molecule has 192 valence electrons. The van der Waals surface area contributed by atoms with E-state index in [0.29, 0.717) is 16.8 Å². The number of anilines is 1. The molecule has 1 fully saturated rings. The molecule has 1 amide bonds. The minimum absolute atomic E-state index is 0.0296. The number of aromatic nitrogens is 2. The van der Waals surface area contributed by atoms with Gasteiger partial charge in [-0.15, -0.1) is 0 Å². The second kappa shape index (κ2) is 11.5. The number of amides is 1. The summed E-state index contributed by atoms with van der Waals surface area (Å²) in [5.41, 5.74) is 10.0. The van der Waals surface area contributed by atoms with Crippen LogP contribution in [0.1, 0.15) is 71.9 Å². The molecule has 10 heteroatoms. The summed E-state index contributed by atoms with van der Waals surface area (Å²) in [5, 5.41) is 2.60. The van der Waals surface area contributed by atoms with E-state index in [0.717, 1.165) is 23.2 Å². The summed E-state index contributed by atoms with van der Waals surface area (Å²) in [6.45, 7) is 5.45. The fraction of sp³-hybridized carbons (Fsp3) is 0.423. The fourth-order valence-electron chi connectivity index (χ4n) is 4.04. The number of allylic oxidation sites excluding steroid dienone is 1. The maximum Gasteiger partial charge on any atom is 0.389 e. The van der Waals surface area contributed by atoms with Gasteiger partial charge in [0.1, 0.15) is 5.69 Å². The van der Waals surface area contributed by atoms with Gasteiger partial charge in [0.25, 0.3) is 0 Å². The number of pyridine rings is 2. The zero-order chi connectivity index (χ0) is 26.5.